The van der Waals surface area contributed by atoms with Crippen LogP contribution in [0.5, 0.6) is 0 Å². The van der Waals surface area contributed by atoms with Gasteiger partial charge < -0.3 is 11.1 Å². The molecule has 0 aliphatic heterocycles. The van der Waals surface area contributed by atoms with Crippen LogP contribution in [0.4, 0.5) is 5.69 Å². The number of benzene rings is 2. The van der Waals surface area contributed by atoms with E-state index in [1.54, 1.807) is 12.1 Å². The van der Waals surface area contributed by atoms with E-state index >= 15 is 0 Å². The summed E-state index contributed by atoms with van der Waals surface area (Å²) in [5.41, 5.74) is 9.21. The second-order valence-electron chi connectivity index (χ2n) is 4.89. The second kappa shape index (κ2) is 7.12. The second-order valence-corrected chi connectivity index (χ2v) is 5.30. The molecule has 0 saturated heterocycles. The van der Waals surface area contributed by atoms with Gasteiger partial charge in [0, 0.05) is 11.5 Å². The maximum atomic E-state index is 9.39. The van der Waals surface area contributed by atoms with Crippen LogP contribution in [0.25, 0.3) is 0 Å². The minimum absolute atomic E-state index is 0.0481. The highest BCUT2D eigenvalue weighted by atomic mass is 35.5. The number of nitrogens with one attached hydrogen (secondary N) is 1. The number of nitrogen functional groups attached to an aromatic ring is 1. The first-order valence-corrected chi connectivity index (χ1v) is 7.24. The molecule has 1 unspecified atom stereocenters. The number of hydrogen-bond acceptors (Lipinski definition) is 3. The topological polar surface area (TPSA) is 61.8 Å². The van der Waals surface area contributed by atoms with Crippen molar-refractivity contribution in [3.8, 4) is 6.07 Å². The Hall–Kier alpha value is -2.02. The van der Waals surface area contributed by atoms with Crippen LogP contribution < -0.4 is 11.1 Å². The van der Waals surface area contributed by atoms with Gasteiger partial charge in [0.1, 0.15) is 0 Å². The Labute approximate surface area is 130 Å². The molecule has 0 fully saturated rings. The number of nitrogens with zero attached hydrogens (tertiary/aromatic N) is 1. The van der Waals surface area contributed by atoms with Gasteiger partial charge in [-0.1, -0.05) is 41.9 Å². The van der Waals surface area contributed by atoms with E-state index in [2.05, 4.69) is 23.5 Å². The molecule has 2 aromatic carbocycles. The van der Waals surface area contributed by atoms with Crippen molar-refractivity contribution in [2.45, 2.75) is 12.3 Å². The van der Waals surface area contributed by atoms with Crippen molar-refractivity contribution in [3.05, 3.63) is 64.2 Å². The van der Waals surface area contributed by atoms with Gasteiger partial charge in [-0.15, -0.1) is 0 Å². The standard InChI is InChI=1S/C17H18ClN3/c1-21-10-9-14(12-5-3-2-4-6-12)16-13(11-19)7-8-15(18)17(16)20/h2-8,14,21H,9-10,20H2,1H3. The van der Waals surface area contributed by atoms with Crippen LogP contribution in [-0.2, 0) is 0 Å². The van der Waals surface area contributed by atoms with E-state index in [0.717, 1.165) is 24.1 Å². The lowest BCUT2D eigenvalue weighted by molar-refractivity contribution is 0.662. The van der Waals surface area contributed by atoms with Crippen molar-refractivity contribution < 1.29 is 0 Å². The molecule has 4 heteroatoms. The number of rotatable bonds is 5. The number of hydrogen-bond donors (Lipinski definition) is 2. The smallest absolute Gasteiger partial charge is 0.0995 e. The molecule has 0 radical (unpaired) electrons. The van der Waals surface area contributed by atoms with Crippen LogP contribution in [0.15, 0.2) is 42.5 Å². The summed E-state index contributed by atoms with van der Waals surface area (Å²) in [6.07, 6.45) is 0.847. The number of halogens is 1. The zero-order valence-corrected chi connectivity index (χ0v) is 12.7. The van der Waals surface area contributed by atoms with E-state index in [-0.39, 0.29) is 5.92 Å². The summed E-state index contributed by atoms with van der Waals surface area (Å²) in [6, 6.07) is 15.7. The van der Waals surface area contributed by atoms with E-state index in [1.807, 2.05) is 25.2 Å². The Morgan fingerprint density at radius 3 is 2.57 bits per heavy atom. The molecule has 21 heavy (non-hydrogen) atoms. The molecule has 3 nitrogen and oxygen atoms in total. The summed E-state index contributed by atoms with van der Waals surface area (Å²) in [4.78, 5) is 0. The lowest BCUT2D eigenvalue weighted by Gasteiger charge is -2.21. The van der Waals surface area contributed by atoms with E-state index in [1.165, 1.54) is 0 Å². The Morgan fingerprint density at radius 2 is 1.95 bits per heavy atom. The van der Waals surface area contributed by atoms with Gasteiger partial charge in [-0.3, -0.25) is 0 Å². The van der Waals surface area contributed by atoms with Gasteiger partial charge >= 0.3 is 0 Å². The third kappa shape index (κ3) is 3.36. The average molecular weight is 300 g/mol. The molecule has 0 bridgehead atoms. The molecular weight excluding hydrogens is 282 g/mol. The molecule has 3 N–H and O–H groups in total. The van der Waals surface area contributed by atoms with Gasteiger partial charge in [0.25, 0.3) is 0 Å². The van der Waals surface area contributed by atoms with Gasteiger partial charge in [0.2, 0.25) is 0 Å². The van der Waals surface area contributed by atoms with Crippen LogP contribution in [0.2, 0.25) is 5.02 Å². The SMILES string of the molecule is CNCCC(c1ccccc1)c1c(C#N)ccc(Cl)c1N. The summed E-state index contributed by atoms with van der Waals surface area (Å²) in [5, 5.41) is 13.0. The molecule has 2 aromatic rings. The highest BCUT2D eigenvalue weighted by molar-refractivity contribution is 6.33. The highest BCUT2D eigenvalue weighted by Gasteiger charge is 2.21. The predicted molar refractivity (Wildman–Crippen MR) is 87.4 cm³/mol. The Balaban J connectivity index is 2.57. The summed E-state index contributed by atoms with van der Waals surface area (Å²) in [7, 11) is 1.91. The van der Waals surface area contributed by atoms with Crippen molar-refractivity contribution in [1.29, 1.82) is 5.26 Å². The summed E-state index contributed by atoms with van der Waals surface area (Å²) >= 11 is 6.16. The first-order chi connectivity index (χ1) is 10.2. The van der Waals surface area contributed by atoms with Crippen molar-refractivity contribution in [3.63, 3.8) is 0 Å². The molecule has 108 valence electrons. The fourth-order valence-electron chi connectivity index (χ4n) is 2.53. The molecule has 0 amide bonds. The van der Waals surface area contributed by atoms with Crippen LogP contribution in [0.3, 0.4) is 0 Å². The number of anilines is 1. The molecule has 0 aliphatic carbocycles. The van der Waals surface area contributed by atoms with Crippen LogP contribution >= 0.6 is 11.6 Å². The third-order valence-electron chi connectivity index (χ3n) is 3.59. The molecule has 1 atom stereocenters. The van der Waals surface area contributed by atoms with E-state index in [9.17, 15) is 5.26 Å². The molecular formula is C17H18ClN3. The average Bonchev–Trinajstić information content (AvgIpc) is 2.52. The predicted octanol–water partition coefficient (Wildman–Crippen LogP) is 3.54. The van der Waals surface area contributed by atoms with Gasteiger partial charge in [0.05, 0.1) is 22.3 Å². The number of nitriles is 1. The molecule has 0 aromatic heterocycles. The highest BCUT2D eigenvalue weighted by Crippen LogP contribution is 2.37. The Bertz CT molecular complexity index is 647. The maximum Gasteiger partial charge on any atom is 0.0995 e. The van der Waals surface area contributed by atoms with Gasteiger partial charge in [-0.2, -0.15) is 5.26 Å². The molecule has 0 saturated carbocycles. The van der Waals surface area contributed by atoms with Crippen LogP contribution in [0, 0.1) is 11.3 Å². The monoisotopic (exact) mass is 299 g/mol. The fourth-order valence-corrected chi connectivity index (χ4v) is 2.70. The summed E-state index contributed by atoms with van der Waals surface area (Å²) < 4.78 is 0. The quantitative estimate of drug-likeness (QED) is 0.830. The number of nitrogens with two attached hydrogens (primary N) is 1. The summed E-state index contributed by atoms with van der Waals surface area (Å²) in [6.45, 7) is 0.830. The zero-order valence-electron chi connectivity index (χ0n) is 11.9. The fraction of sp³-hybridized carbons (Fsp3) is 0.235. The Morgan fingerprint density at radius 1 is 1.24 bits per heavy atom. The van der Waals surface area contributed by atoms with Crippen LogP contribution in [-0.4, -0.2) is 13.6 Å². The van der Waals surface area contributed by atoms with E-state index in [4.69, 9.17) is 17.3 Å². The van der Waals surface area contributed by atoms with Crippen molar-refractivity contribution in [2.75, 3.05) is 19.3 Å². The molecule has 0 heterocycles. The molecule has 0 spiro atoms. The van der Waals surface area contributed by atoms with E-state index < -0.39 is 0 Å². The van der Waals surface area contributed by atoms with Crippen LogP contribution in [0.1, 0.15) is 29.0 Å². The molecule has 2 rings (SSSR count). The summed E-state index contributed by atoms with van der Waals surface area (Å²) in [5.74, 6) is 0.0481. The van der Waals surface area contributed by atoms with Gasteiger partial charge in [-0.25, -0.2) is 0 Å². The normalized spacial score (nSPS) is 11.9. The van der Waals surface area contributed by atoms with Crippen molar-refractivity contribution in [2.24, 2.45) is 0 Å². The maximum absolute atomic E-state index is 9.39. The molecule has 0 aliphatic rings. The Kier molecular flexibility index (Phi) is 5.21. The minimum Gasteiger partial charge on any atom is -0.397 e. The first kappa shape index (κ1) is 15.4. The van der Waals surface area contributed by atoms with E-state index in [0.29, 0.717) is 16.3 Å². The van der Waals surface area contributed by atoms with Crippen molar-refractivity contribution in [1.82, 2.24) is 5.32 Å². The first-order valence-electron chi connectivity index (χ1n) is 6.86. The minimum atomic E-state index is 0.0481. The van der Waals surface area contributed by atoms with Gasteiger partial charge in [-0.05, 0) is 37.7 Å². The lowest BCUT2D eigenvalue weighted by Crippen LogP contribution is -2.15. The largest absolute Gasteiger partial charge is 0.397 e. The van der Waals surface area contributed by atoms with Gasteiger partial charge in [0.15, 0.2) is 0 Å². The lowest BCUT2D eigenvalue weighted by atomic mass is 9.85. The third-order valence-corrected chi connectivity index (χ3v) is 3.92. The van der Waals surface area contributed by atoms with Crippen molar-refractivity contribution >= 4 is 17.3 Å². The zero-order chi connectivity index (χ0) is 15.2.